The van der Waals surface area contributed by atoms with Gasteiger partial charge in [0.15, 0.2) is 0 Å². The fraction of sp³-hybridized carbons (Fsp3) is 0.400. The highest BCUT2D eigenvalue weighted by molar-refractivity contribution is 14.1. The van der Waals surface area contributed by atoms with E-state index in [-0.39, 0.29) is 12.6 Å². The molecular formula is C10H14INO. The van der Waals surface area contributed by atoms with Gasteiger partial charge in [-0.15, -0.1) is 0 Å². The number of halogens is 1. The van der Waals surface area contributed by atoms with Gasteiger partial charge in [0.1, 0.15) is 0 Å². The normalized spacial score (nSPS) is 12.9. The summed E-state index contributed by atoms with van der Waals surface area (Å²) in [7, 11) is 1.86. The van der Waals surface area contributed by atoms with Crippen LogP contribution in [0.4, 0.5) is 0 Å². The highest BCUT2D eigenvalue weighted by Gasteiger charge is 2.10. The van der Waals surface area contributed by atoms with Crippen molar-refractivity contribution in [2.45, 2.75) is 13.0 Å². The highest BCUT2D eigenvalue weighted by Crippen LogP contribution is 2.19. The molecule has 0 unspecified atom stereocenters. The minimum atomic E-state index is 0.0507. The molecule has 0 bridgehead atoms. The van der Waals surface area contributed by atoms with Crippen molar-refractivity contribution in [2.75, 3.05) is 13.7 Å². The number of aryl methyl sites for hydroxylation is 1. The zero-order valence-corrected chi connectivity index (χ0v) is 10.00. The molecule has 1 aromatic rings. The number of rotatable bonds is 3. The minimum absolute atomic E-state index is 0.0507. The number of aliphatic hydroxyl groups is 1. The molecule has 0 radical (unpaired) electrons. The zero-order valence-electron chi connectivity index (χ0n) is 7.84. The third kappa shape index (κ3) is 2.65. The first-order chi connectivity index (χ1) is 6.19. The Hall–Kier alpha value is -0.130. The summed E-state index contributed by atoms with van der Waals surface area (Å²) in [5.74, 6) is 0. The molecule has 13 heavy (non-hydrogen) atoms. The summed E-state index contributed by atoms with van der Waals surface area (Å²) >= 11 is 2.28. The van der Waals surface area contributed by atoms with Crippen LogP contribution in [0.25, 0.3) is 0 Å². The van der Waals surface area contributed by atoms with Crippen molar-refractivity contribution in [3.8, 4) is 0 Å². The van der Waals surface area contributed by atoms with Gasteiger partial charge in [0.2, 0.25) is 0 Å². The lowest BCUT2D eigenvalue weighted by Gasteiger charge is -2.16. The van der Waals surface area contributed by atoms with Gasteiger partial charge in [-0.3, -0.25) is 0 Å². The molecule has 0 aliphatic rings. The second-order valence-electron chi connectivity index (χ2n) is 3.02. The van der Waals surface area contributed by atoms with Crippen molar-refractivity contribution in [2.24, 2.45) is 0 Å². The van der Waals surface area contributed by atoms with Gasteiger partial charge in [-0.1, -0.05) is 6.07 Å². The average Bonchev–Trinajstić information content (AvgIpc) is 2.13. The summed E-state index contributed by atoms with van der Waals surface area (Å²) in [6.07, 6.45) is 0. The molecule has 0 saturated carbocycles. The smallest absolute Gasteiger partial charge is 0.0626 e. The fourth-order valence-electron chi connectivity index (χ4n) is 1.33. The number of aliphatic hydroxyl groups excluding tert-OH is 1. The van der Waals surface area contributed by atoms with Crippen LogP contribution in [0.15, 0.2) is 18.2 Å². The Morgan fingerprint density at radius 2 is 2.23 bits per heavy atom. The van der Waals surface area contributed by atoms with Gasteiger partial charge >= 0.3 is 0 Å². The molecule has 1 atom stereocenters. The van der Waals surface area contributed by atoms with E-state index in [0.717, 1.165) is 0 Å². The monoisotopic (exact) mass is 291 g/mol. The summed E-state index contributed by atoms with van der Waals surface area (Å²) in [6.45, 7) is 2.20. The lowest BCUT2D eigenvalue weighted by atomic mass is 10.0. The summed E-state index contributed by atoms with van der Waals surface area (Å²) in [5, 5.41) is 12.2. The van der Waals surface area contributed by atoms with Crippen molar-refractivity contribution in [3.63, 3.8) is 0 Å². The van der Waals surface area contributed by atoms with E-state index < -0.39 is 0 Å². The van der Waals surface area contributed by atoms with Crippen molar-refractivity contribution in [3.05, 3.63) is 32.9 Å². The highest BCUT2D eigenvalue weighted by atomic mass is 127. The largest absolute Gasteiger partial charge is 0.394 e. The van der Waals surface area contributed by atoms with Gasteiger partial charge in [-0.05, 0) is 59.8 Å². The first kappa shape index (κ1) is 10.9. The Morgan fingerprint density at radius 1 is 1.54 bits per heavy atom. The molecule has 0 fully saturated rings. The first-order valence-electron chi connectivity index (χ1n) is 4.23. The molecule has 3 heteroatoms. The van der Waals surface area contributed by atoms with Gasteiger partial charge in [0, 0.05) is 3.57 Å². The Labute approximate surface area is 92.5 Å². The van der Waals surface area contributed by atoms with Crippen molar-refractivity contribution < 1.29 is 5.11 Å². The third-order valence-electron chi connectivity index (χ3n) is 2.15. The number of likely N-dealkylation sites (N-methyl/N-ethyl adjacent to an activating group) is 1. The van der Waals surface area contributed by atoms with Gasteiger partial charge in [0.25, 0.3) is 0 Å². The van der Waals surface area contributed by atoms with E-state index in [1.54, 1.807) is 0 Å². The quantitative estimate of drug-likeness (QED) is 0.833. The van der Waals surface area contributed by atoms with Gasteiger partial charge in [-0.25, -0.2) is 0 Å². The van der Waals surface area contributed by atoms with Crippen LogP contribution in [0.2, 0.25) is 0 Å². The van der Waals surface area contributed by atoms with Crippen LogP contribution in [0.1, 0.15) is 17.2 Å². The molecular weight excluding hydrogens is 277 g/mol. The van der Waals surface area contributed by atoms with E-state index >= 15 is 0 Å². The molecule has 0 aliphatic carbocycles. The lowest BCUT2D eigenvalue weighted by molar-refractivity contribution is 0.250. The zero-order chi connectivity index (χ0) is 9.84. The maximum absolute atomic E-state index is 9.13. The van der Waals surface area contributed by atoms with Crippen molar-refractivity contribution >= 4 is 22.6 Å². The van der Waals surface area contributed by atoms with Crippen LogP contribution in [-0.2, 0) is 0 Å². The summed E-state index contributed by atoms with van der Waals surface area (Å²) in [4.78, 5) is 0. The molecule has 1 aromatic carbocycles. The van der Waals surface area contributed by atoms with E-state index in [1.165, 1.54) is 14.7 Å². The Kier molecular flexibility index (Phi) is 4.15. The Morgan fingerprint density at radius 3 is 2.77 bits per heavy atom. The Balaban J connectivity index is 3.03. The number of hydrogen-bond donors (Lipinski definition) is 2. The van der Waals surface area contributed by atoms with Gasteiger partial charge in [-0.2, -0.15) is 0 Å². The van der Waals surface area contributed by atoms with Crippen LogP contribution < -0.4 is 5.32 Å². The maximum Gasteiger partial charge on any atom is 0.0626 e. The van der Waals surface area contributed by atoms with E-state index in [4.69, 9.17) is 5.11 Å². The van der Waals surface area contributed by atoms with Crippen LogP contribution in [0.5, 0.6) is 0 Å². The molecule has 0 aliphatic heterocycles. The fourth-order valence-corrected chi connectivity index (χ4v) is 1.85. The van der Waals surface area contributed by atoms with Crippen LogP contribution in [-0.4, -0.2) is 18.8 Å². The summed E-state index contributed by atoms with van der Waals surface area (Å²) in [5.41, 5.74) is 2.39. The molecule has 0 spiro atoms. The molecule has 0 aromatic heterocycles. The number of benzene rings is 1. The summed E-state index contributed by atoms with van der Waals surface area (Å²) < 4.78 is 1.20. The average molecular weight is 291 g/mol. The van der Waals surface area contributed by atoms with Gasteiger partial charge < -0.3 is 10.4 Å². The standard InChI is InChI=1S/C10H14INO/c1-7-3-4-8(11)5-9(7)10(6-13)12-2/h3-5,10,12-13H,6H2,1-2H3/t10-/m0/s1. The van der Waals surface area contributed by atoms with Crippen LogP contribution in [0, 0.1) is 10.5 Å². The topological polar surface area (TPSA) is 32.3 Å². The second kappa shape index (κ2) is 4.93. The van der Waals surface area contributed by atoms with E-state index in [1.807, 2.05) is 7.05 Å². The maximum atomic E-state index is 9.13. The molecule has 72 valence electrons. The van der Waals surface area contributed by atoms with Gasteiger partial charge in [0.05, 0.1) is 12.6 Å². The first-order valence-corrected chi connectivity index (χ1v) is 5.31. The van der Waals surface area contributed by atoms with Crippen LogP contribution in [0.3, 0.4) is 0 Å². The minimum Gasteiger partial charge on any atom is -0.394 e. The van der Waals surface area contributed by atoms with Crippen LogP contribution >= 0.6 is 22.6 Å². The number of hydrogen-bond acceptors (Lipinski definition) is 2. The van der Waals surface area contributed by atoms with E-state index in [0.29, 0.717) is 0 Å². The second-order valence-corrected chi connectivity index (χ2v) is 4.27. The summed E-state index contributed by atoms with van der Waals surface area (Å²) in [6, 6.07) is 6.31. The Bertz CT molecular complexity index is 284. The van der Waals surface area contributed by atoms with Crippen molar-refractivity contribution in [1.82, 2.24) is 5.32 Å². The SMILES string of the molecule is CN[C@@H](CO)c1cc(I)ccc1C. The molecule has 0 amide bonds. The van der Waals surface area contributed by atoms with E-state index in [2.05, 4.69) is 53.0 Å². The number of nitrogens with one attached hydrogen (secondary N) is 1. The van der Waals surface area contributed by atoms with E-state index in [9.17, 15) is 0 Å². The third-order valence-corrected chi connectivity index (χ3v) is 2.82. The molecule has 1 rings (SSSR count). The predicted molar refractivity (Wildman–Crippen MR) is 62.8 cm³/mol. The molecule has 2 nitrogen and oxygen atoms in total. The molecule has 0 saturated heterocycles. The lowest BCUT2D eigenvalue weighted by Crippen LogP contribution is -2.20. The molecule has 0 heterocycles. The van der Waals surface area contributed by atoms with Crippen molar-refractivity contribution in [1.29, 1.82) is 0 Å². The molecule has 2 N–H and O–H groups in total. The predicted octanol–water partition coefficient (Wildman–Crippen LogP) is 1.85.